The molecule has 0 bridgehead atoms. The van der Waals surface area contributed by atoms with Gasteiger partial charge in [0.1, 0.15) is 17.1 Å². The number of ether oxygens (including phenoxy) is 1. The van der Waals surface area contributed by atoms with Crippen LogP contribution in [0.2, 0.25) is 0 Å². The normalized spacial score (nSPS) is 22.5. The van der Waals surface area contributed by atoms with E-state index in [2.05, 4.69) is 37.8 Å². The third-order valence-corrected chi connectivity index (χ3v) is 6.08. The van der Waals surface area contributed by atoms with Crippen LogP contribution in [0.4, 0.5) is 0 Å². The first-order valence-corrected chi connectivity index (χ1v) is 10.3. The molecule has 28 heavy (non-hydrogen) atoms. The van der Waals surface area contributed by atoms with E-state index in [0.29, 0.717) is 18.1 Å². The summed E-state index contributed by atoms with van der Waals surface area (Å²) in [7, 11) is 0. The first kappa shape index (κ1) is 20.5. The number of aryl methyl sites for hydroxylation is 1. The van der Waals surface area contributed by atoms with E-state index in [1.165, 1.54) is 5.57 Å². The summed E-state index contributed by atoms with van der Waals surface area (Å²) in [5.74, 6) is 1.74. The van der Waals surface area contributed by atoms with Crippen LogP contribution in [0.1, 0.15) is 76.3 Å². The van der Waals surface area contributed by atoms with E-state index in [0.717, 1.165) is 55.4 Å². The van der Waals surface area contributed by atoms with Gasteiger partial charge in [-0.25, -0.2) is 0 Å². The Morgan fingerprint density at radius 1 is 1.29 bits per heavy atom. The minimum absolute atomic E-state index is 0.158. The molecule has 6 heteroatoms. The molecule has 2 aliphatic rings. The number of aromatic hydroxyl groups is 1. The van der Waals surface area contributed by atoms with Crippen molar-refractivity contribution in [2.45, 2.75) is 77.2 Å². The predicted octanol–water partition coefficient (Wildman–Crippen LogP) is 5.31. The summed E-state index contributed by atoms with van der Waals surface area (Å²) in [4.78, 5) is 14.4. The molecule has 0 saturated heterocycles. The van der Waals surface area contributed by atoms with Crippen molar-refractivity contribution in [3.05, 3.63) is 45.0 Å². The molecule has 1 heterocycles. The fraction of sp³-hybridized carbons (Fsp3) is 0.636. The highest BCUT2D eigenvalue weighted by molar-refractivity contribution is 5.53. The largest absolute Gasteiger partial charge is 0.507 e. The quantitative estimate of drug-likeness (QED) is 0.282. The van der Waals surface area contributed by atoms with Crippen LogP contribution in [0.15, 0.2) is 23.8 Å². The third-order valence-electron chi connectivity index (χ3n) is 6.08. The Balaban J connectivity index is 1.65. The fourth-order valence-corrected chi connectivity index (χ4v) is 4.65. The zero-order chi connectivity index (χ0) is 20.3. The van der Waals surface area contributed by atoms with Gasteiger partial charge in [-0.3, -0.25) is 0 Å². The molecule has 1 N–H and O–H groups in total. The highest BCUT2D eigenvalue weighted by Gasteiger charge is 2.45. The van der Waals surface area contributed by atoms with E-state index < -0.39 is 5.09 Å². The monoisotopic (exact) mass is 389 g/mol. The predicted molar refractivity (Wildman–Crippen MR) is 107 cm³/mol. The molecule has 0 aromatic heterocycles. The Kier molecular flexibility index (Phi) is 6.16. The average molecular weight is 389 g/mol. The fourth-order valence-electron chi connectivity index (χ4n) is 4.65. The molecule has 1 aromatic rings. The van der Waals surface area contributed by atoms with Crippen LogP contribution in [-0.2, 0) is 11.3 Å². The number of phenols is 1. The number of hydrogen-bond acceptors (Lipinski definition) is 5. The minimum Gasteiger partial charge on any atom is -0.507 e. The van der Waals surface area contributed by atoms with E-state index in [9.17, 15) is 15.2 Å². The van der Waals surface area contributed by atoms with E-state index in [1.807, 2.05) is 6.07 Å². The van der Waals surface area contributed by atoms with E-state index in [4.69, 9.17) is 4.74 Å². The lowest BCUT2D eigenvalue weighted by molar-refractivity contribution is -0.757. The van der Waals surface area contributed by atoms with Crippen LogP contribution in [0.5, 0.6) is 11.5 Å². The van der Waals surface area contributed by atoms with E-state index >= 15 is 0 Å². The SMILES string of the molecule is CC1=C[C@H]2c3c(O)cc(CCCCCCO[N+](=O)[O-])cc3OC(C)(C)[C@@H]2CC1. The summed E-state index contributed by atoms with van der Waals surface area (Å²) < 4.78 is 6.36. The van der Waals surface area contributed by atoms with Gasteiger partial charge in [-0.15, -0.1) is 10.1 Å². The summed E-state index contributed by atoms with van der Waals surface area (Å²) in [6.07, 6.45) is 8.84. The Bertz CT molecular complexity index is 756. The van der Waals surface area contributed by atoms with Gasteiger partial charge in [-0.05, 0) is 70.6 Å². The highest BCUT2D eigenvalue weighted by atomic mass is 16.9. The number of hydrogen-bond donors (Lipinski definition) is 1. The lowest BCUT2D eigenvalue weighted by Crippen LogP contribution is -2.45. The number of nitrogens with zero attached hydrogens (tertiary/aromatic N) is 1. The van der Waals surface area contributed by atoms with Crippen LogP contribution in [0.3, 0.4) is 0 Å². The van der Waals surface area contributed by atoms with E-state index in [1.54, 1.807) is 0 Å². The van der Waals surface area contributed by atoms with Crippen molar-refractivity contribution in [3.8, 4) is 11.5 Å². The number of allylic oxidation sites excluding steroid dienone is 2. The van der Waals surface area contributed by atoms with Crippen LogP contribution >= 0.6 is 0 Å². The number of phenolic OH excluding ortho intramolecular Hbond substituents is 1. The molecule has 0 fully saturated rings. The lowest BCUT2D eigenvalue weighted by Gasteiger charge is -2.46. The maximum atomic E-state index is 10.8. The van der Waals surface area contributed by atoms with Crippen molar-refractivity contribution < 1.29 is 19.8 Å². The summed E-state index contributed by atoms with van der Waals surface area (Å²) >= 11 is 0. The Morgan fingerprint density at radius 3 is 2.79 bits per heavy atom. The molecule has 154 valence electrons. The second kappa shape index (κ2) is 8.41. The van der Waals surface area contributed by atoms with Gasteiger partial charge in [0.25, 0.3) is 5.09 Å². The molecule has 1 aliphatic carbocycles. The maximum absolute atomic E-state index is 10.8. The average Bonchev–Trinajstić information content (AvgIpc) is 2.59. The van der Waals surface area contributed by atoms with Gasteiger partial charge in [-0.1, -0.05) is 24.5 Å². The van der Waals surface area contributed by atoms with Crippen LogP contribution in [-0.4, -0.2) is 22.4 Å². The molecule has 0 unspecified atom stereocenters. The van der Waals surface area contributed by atoms with Crippen molar-refractivity contribution >= 4 is 0 Å². The summed E-state index contributed by atoms with van der Waals surface area (Å²) in [6, 6.07) is 3.96. The zero-order valence-corrected chi connectivity index (χ0v) is 17.1. The molecule has 3 rings (SSSR count). The molecular weight excluding hydrogens is 358 g/mol. The smallest absolute Gasteiger partial charge is 0.294 e. The number of benzene rings is 1. The van der Waals surface area contributed by atoms with Gasteiger partial charge in [-0.2, -0.15) is 0 Å². The number of fused-ring (bicyclic) bond motifs is 3. The minimum atomic E-state index is -0.745. The number of unbranched alkanes of at least 4 members (excludes halogenated alkanes) is 3. The van der Waals surface area contributed by atoms with Crippen molar-refractivity contribution in [2.24, 2.45) is 5.92 Å². The molecule has 0 amide bonds. The number of rotatable bonds is 8. The summed E-state index contributed by atoms with van der Waals surface area (Å²) in [6.45, 7) is 6.63. The van der Waals surface area contributed by atoms with E-state index in [-0.39, 0.29) is 18.1 Å². The standard InChI is InChI=1S/C22H31NO5/c1-15-9-10-18-17(12-15)21-19(24)13-16(14-20(21)28-22(18,2)3)8-6-4-5-7-11-27-23(25)26/h12-14,17-18,24H,4-11H2,1-3H3/t17-,18-/m1/s1. The van der Waals surface area contributed by atoms with Crippen LogP contribution < -0.4 is 4.74 Å². The van der Waals surface area contributed by atoms with Gasteiger partial charge < -0.3 is 14.7 Å². The van der Waals surface area contributed by atoms with Crippen molar-refractivity contribution in [2.75, 3.05) is 6.61 Å². The van der Waals surface area contributed by atoms with Gasteiger partial charge in [0.2, 0.25) is 0 Å². The Hall–Kier alpha value is -2.24. The van der Waals surface area contributed by atoms with Gasteiger partial charge >= 0.3 is 0 Å². The lowest BCUT2D eigenvalue weighted by atomic mass is 9.68. The second-order valence-electron chi connectivity index (χ2n) is 8.64. The van der Waals surface area contributed by atoms with Gasteiger partial charge in [0.15, 0.2) is 0 Å². The highest BCUT2D eigenvalue weighted by Crippen LogP contribution is 2.53. The maximum Gasteiger partial charge on any atom is 0.294 e. The molecular formula is C22H31NO5. The molecule has 2 atom stereocenters. The van der Waals surface area contributed by atoms with Crippen LogP contribution in [0.25, 0.3) is 0 Å². The molecule has 1 aromatic carbocycles. The third kappa shape index (κ3) is 4.59. The van der Waals surface area contributed by atoms with Crippen molar-refractivity contribution in [1.29, 1.82) is 0 Å². The first-order chi connectivity index (χ1) is 13.3. The van der Waals surface area contributed by atoms with Crippen molar-refractivity contribution in [3.63, 3.8) is 0 Å². The zero-order valence-electron chi connectivity index (χ0n) is 17.1. The van der Waals surface area contributed by atoms with Crippen LogP contribution in [0, 0.1) is 16.0 Å². The molecule has 0 radical (unpaired) electrons. The Labute approximate surface area is 166 Å². The summed E-state index contributed by atoms with van der Waals surface area (Å²) in [5, 5.41) is 20.1. The van der Waals surface area contributed by atoms with Gasteiger partial charge in [0, 0.05) is 17.4 Å². The first-order valence-electron chi connectivity index (χ1n) is 10.3. The molecule has 0 spiro atoms. The molecule has 1 aliphatic heterocycles. The Morgan fingerprint density at radius 2 is 2.04 bits per heavy atom. The topological polar surface area (TPSA) is 81.8 Å². The van der Waals surface area contributed by atoms with Crippen molar-refractivity contribution in [1.82, 2.24) is 0 Å². The molecule has 6 nitrogen and oxygen atoms in total. The summed E-state index contributed by atoms with van der Waals surface area (Å²) in [5.41, 5.74) is 3.14. The molecule has 0 saturated carbocycles. The van der Waals surface area contributed by atoms with Gasteiger partial charge in [0.05, 0.1) is 6.61 Å². The second-order valence-corrected chi connectivity index (χ2v) is 8.64.